The van der Waals surface area contributed by atoms with Gasteiger partial charge in [-0.15, -0.1) is 0 Å². The molecule has 1 aliphatic rings. The Morgan fingerprint density at radius 1 is 1.03 bits per heavy atom. The SMILES string of the molecule is CCOC(=O)c1nc(-c2ccccc2)c2c(c1C)-c1ccc(N(C)C)cc1[Si]2(C(C)C)C(C)C. The zero-order valence-electron chi connectivity index (χ0n) is 21.7. The van der Waals surface area contributed by atoms with Gasteiger partial charge in [-0.1, -0.05) is 64.1 Å². The molecule has 4 nitrogen and oxygen atoms in total. The molecular formula is C29H36N2O2Si. The lowest BCUT2D eigenvalue weighted by molar-refractivity contribution is 0.0519. The molecule has 5 heteroatoms. The topological polar surface area (TPSA) is 42.4 Å². The smallest absolute Gasteiger partial charge is 0.357 e. The third kappa shape index (κ3) is 3.49. The minimum atomic E-state index is -2.28. The minimum Gasteiger partial charge on any atom is -0.461 e. The molecule has 1 aliphatic heterocycles. The van der Waals surface area contributed by atoms with Crippen molar-refractivity contribution in [2.75, 3.05) is 25.6 Å². The number of rotatable bonds is 6. The van der Waals surface area contributed by atoms with Crippen LogP contribution in [0.25, 0.3) is 22.4 Å². The molecule has 0 radical (unpaired) electrons. The van der Waals surface area contributed by atoms with Crippen molar-refractivity contribution in [3.8, 4) is 22.4 Å². The number of aromatic nitrogens is 1. The van der Waals surface area contributed by atoms with Crippen molar-refractivity contribution < 1.29 is 9.53 Å². The third-order valence-electron chi connectivity index (χ3n) is 7.43. The van der Waals surface area contributed by atoms with Gasteiger partial charge in [-0.2, -0.15) is 0 Å². The van der Waals surface area contributed by atoms with Crippen LogP contribution >= 0.6 is 0 Å². The summed E-state index contributed by atoms with van der Waals surface area (Å²) in [6.07, 6.45) is 0. The highest BCUT2D eigenvalue weighted by Crippen LogP contribution is 2.45. The van der Waals surface area contributed by atoms with Crippen LogP contribution in [0.3, 0.4) is 0 Å². The van der Waals surface area contributed by atoms with Crippen LogP contribution in [0.2, 0.25) is 11.1 Å². The van der Waals surface area contributed by atoms with E-state index < -0.39 is 8.07 Å². The first-order chi connectivity index (χ1) is 16.2. The largest absolute Gasteiger partial charge is 0.461 e. The van der Waals surface area contributed by atoms with E-state index in [0.29, 0.717) is 23.4 Å². The lowest BCUT2D eigenvalue weighted by Gasteiger charge is -2.39. The molecule has 1 aromatic heterocycles. The molecular weight excluding hydrogens is 436 g/mol. The molecule has 178 valence electrons. The molecule has 2 aromatic carbocycles. The second-order valence-corrected chi connectivity index (χ2v) is 15.2. The minimum absolute atomic E-state index is 0.331. The van der Waals surface area contributed by atoms with Gasteiger partial charge in [-0.25, -0.2) is 9.78 Å². The van der Waals surface area contributed by atoms with Gasteiger partial charge < -0.3 is 9.64 Å². The number of esters is 1. The molecule has 2 heterocycles. The van der Waals surface area contributed by atoms with Gasteiger partial charge in [0.2, 0.25) is 0 Å². The fourth-order valence-corrected chi connectivity index (χ4v) is 12.4. The number of hydrogen-bond donors (Lipinski definition) is 0. The van der Waals surface area contributed by atoms with Crippen molar-refractivity contribution >= 4 is 30.1 Å². The predicted molar refractivity (Wildman–Crippen MR) is 145 cm³/mol. The Labute approximate surface area is 205 Å². The molecule has 34 heavy (non-hydrogen) atoms. The number of fused-ring (bicyclic) bond motifs is 3. The van der Waals surface area contributed by atoms with E-state index in [-0.39, 0.29) is 5.97 Å². The summed E-state index contributed by atoms with van der Waals surface area (Å²) in [4.78, 5) is 20.3. The van der Waals surface area contributed by atoms with E-state index in [0.717, 1.165) is 16.8 Å². The van der Waals surface area contributed by atoms with Crippen LogP contribution in [-0.2, 0) is 4.74 Å². The molecule has 0 saturated heterocycles. The molecule has 0 atom stereocenters. The molecule has 0 N–H and O–H groups in total. The van der Waals surface area contributed by atoms with Crippen molar-refractivity contribution in [2.24, 2.45) is 0 Å². The lowest BCUT2D eigenvalue weighted by Crippen LogP contribution is -2.61. The van der Waals surface area contributed by atoms with E-state index >= 15 is 0 Å². The molecule has 0 aliphatic carbocycles. The second kappa shape index (κ2) is 9.03. The molecule has 0 fully saturated rings. The Hall–Kier alpha value is -2.92. The van der Waals surface area contributed by atoms with Crippen LogP contribution < -0.4 is 15.3 Å². The summed E-state index contributed by atoms with van der Waals surface area (Å²) in [5.41, 5.74) is 7.96. The predicted octanol–water partition coefficient (Wildman–Crippen LogP) is 5.66. The molecule has 0 spiro atoms. The van der Waals surface area contributed by atoms with Crippen LogP contribution in [0.15, 0.2) is 48.5 Å². The van der Waals surface area contributed by atoms with Gasteiger partial charge in [-0.05, 0) is 64.1 Å². The highest BCUT2D eigenvalue weighted by molar-refractivity contribution is 7.08. The highest BCUT2D eigenvalue weighted by Gasteiger charge is 2.53. The maximum atomic E-state index is 13.1. The summed E-state index contributed by atoms with van der Waals surface area (Å²) < 4.78 is 5.45. The number of pyridine rings is 1. The van der Waals surface area contributed by atoms with E-state index in [4.69, 9.17) is 9.72 Å². The van der Waals surface area contributed by atoms with Gasteiger partial charge in [-0.3, -0.25) is 0 Å². The van der Waals surface area contributed by atoms with Gasteiger partial charge in [0.15, 0.2) is 5.69 Å². The summed E-state index contributed by atoms with van der Waals surface area (Å²) in [6, 6.07) is 17.2. The monoisotopic (exact) mass is 472 g/mol. The van der Waals surface area contributed by atoms with E-state index in [1.54, 1.807) is 0 Å². The summed E-state index contributed by atoms with van der Waals surface area (Å²) >= 11 is 0. The van der Waals surface area contributed by atoms with Gasteiger partial charge in [0.25, 0.3) is 0 Å². The number of anilines is 1. The van der Waals surface area contributed by atoms with E-state index in [1.807, 2.05) is 32.0 Å². The van der Waals surface area contributed by atoms with Crippen molar-refractivity contribution in [1.29, 1.82) is 0 Å². The third-order valence-corrected chi connectivity index (χ3v) is 13.7. The van der Waals surface area contributed by atoms with Gasteiger partial charge in [0.05, 0.1) is 12.3 Å². The van der Waals surface area contributed by atoms with Crippen molar-refractivity contribution in [2.45, 2.75) is 52.6 Å². The number of nitrogens with zero attached hydrogens (tertiary/aromatic N) is 2. The summed E-state index contributed by atoms with van der Waals surface area (Å²) in [5, 5.41) is 2.84. The number of carbonyl (C=O) groups excluding carboxylic acids is 1. The maximum Gasteiger partial charge on any atom is 0.357 e. The Morgan fingerprint density at radius 3 is 2.24 bits per heavy atom. The maximum absolute atomic E-state index is 13.1. The number of benzene rings is 2. The quantitative estimate of drug-likeness (QED) is 0.343. The Kier molecular flexibility index (Phi) is 6.43. The number of carbonyl (C=O) groups is 1. The summed E-state index contributed by atoms with van der Waals surface area (Å²) in [5.74, 6) is -0.347. The standard InChI is InChI=1S/C29H36N2O2Si/c1-9-33-29(32)26-20(6)25-23-16-15-22(31(7)8)17-24(23)34(18(2)3,19(4)5)28(25)27(30-26)21-13-11-10-12-14-21/h10-19H,9H2,1-8H3. The summed E-state index contributed by atoms with van der Waals surface area (Å²) in [6.45, 7) is 13.7. The first-order valence-electron chi connectivity index (χ1n) is 12.3. The first-order valence-corrected chi connectivity index (χ1v) is 14.4. The molecule has 0 unspecified atom stereocenters. The van der Waals surface area contributed by atoms with Crippen LogP contribution in [0.5, 0.6) is 0 Å². The normalized spacial score (nSPS) is 13.7. The first kappa shape index (κ1) is 24.2. The van der Waals surface area contributed by atoms with Gasteiger partial charge in [0.1, 0.15) is 8.07 Å². The van der Waals surface area contributed by atoms with E-state index in [1.165, 1.54) is 27.2 Å². The van der Waals surface area contributed by atoms with Gasteiger partial charge >= 0.3 is 5.97 Å². The fourth-order valence-electron chi connectivity index (χ4n) is 5.99. The van der Waals surface area contributed by atoms with E-state index in [9.17, 15) is 4.79 Å². The summed E-state index contributed by atoms with van der Waals surface area (Å²) in [7, 11) is 1.91. The van der Waals surface area contributed by atoms with Crippen LogP contribution in [0, 0.1) is 6.92 Å². The molecule has 0 saturated carbocycles. The molecule has 3 aromatic rings. The second-order valence-electron chi connectivity index (χ2n) is 10.1. The van der Waals surface area contributed by atoms with Crippen molar-refractivity contribution in [3.63, 3.8) is 0 Å². The fraction of sp³-hybridized carbons (Fsp3) is 0.379. The zero-order valence-corrected chi connectivity index (χ0v) is 22.7. The Balaban J connectivity index is 2.21. The Bertz CT molecular complexity index is 1220. The van der Waals surface area contributed by atoms with Crippen LogP contribution in [0.1, 0.15) is 50.7 Å². The number of ether oxygens (including phenoxy) is 1. The number of hydrogen-bond acceptors (Lipinski definition) is 4. The Morgan fingerprint density at radius 2 is 1.68 bits per heavy atom. The van der Waals surface area contributed by atoms with E-state index in [2.05, 4.69) is 77.0 Å². The van der Waals surface area contributed by atoms with Crippen molar-refractivity contribution in [1.82, 2.24) is 4.98 Å². The molecule has 0 bridgehead atoms. The average molecular weight is 473 g/mol. The average Bonchev–Trinajstić information content (AvgIpc) is 3.12. The van der Waals surface area contributed by atoms with Crippen LogP contribution in [0.4, 0.5) is 5.69 Å². The molecule has 0 amide bonds. The lowest BCUT2D eigenvalue weighted by atomic mass is 9.96. The van der Waals surface area contributed by atoms with Crippen LogP contribution in [-0.4, -0.2) is 39.7 Å². The van der Waals surface area contributed by atoms with Gasteiger partial charge in [0, 0.05) is 25.3 Å². The van der Waals surface area contributed by atoms with Crippen molar-refractivity contribution in [3.05, 3.63) is 59.8 Å². The highest BCUT2D eigenvalue weighted by atomic mass is 28.3. The molecule has 4 rings (SSSR count). The zero-order chi connectivity index (χ0) is 24.8.